The van der Waals surface area contributed by atoms with E-state index in [0.717, 1.165) is 22.4 Å². The number of carbonyl (C=O) groups excluding carboxylic acids is 1. The molecule has 4 aromatic carbocycles. The zero-order chi connectivity index (χ0) is 32.6. The zero-order valence-corrected chi connectivity index (χ0v) is 28.2. The van der Waals surface area contributed by atoms with Crippen LogP contribution >= 0.6 is 7.60 Å². The predicted octanol–water partition coefficient (Wildman–Crippen LogP) is 8.54. The third kappa shape index (κ3) is 7.21. The van der Waals surface area contributed by atoms with Gasteiger partial charge in [-0.2, -0.15) is 0 Å². The SMILES string of the molecule is CC(C)(C)[Si](C)(C)O[C@@H](CC[C@H]1C(=O)N(c2ccccc2)[C@@H]1c1ccc(-c2cccc(P(=O)(O)O)c2)cc1)c1ccc(F)cc1. The van der Waals surface area contributed by atoms with Crippen LogP contribution in [-0.4, -0.2) is 24.0 Å². The van der Waals surface area contributed by atoms with Crippen LogP contribution in [0.1, 0.15) is 56.9 Å². The molecular weight excluding hydrogens is 604 g/mol. The number of benzene rings is 4. The maximum atomic E-state index is 13.8. The van der Waals surface area contributed by atoms with Crippen LogP contribution in [0.5, 0.6) is 0 Å². The summed E-state index contributed by atoms with van der Waals surface area (Å²) in [5, 5.41) is -0.0452. The van der Waals surface area contributed by atoms with Crippen LogP contribution in [0.15, 0.2) is 103 Å². The highest BCUT2D eigenvalue weighted by Crippen LogP contribution is 2.48. The molecule has 0 aliphatic carbocycles. The van der Waals surface area contributed by atoms with Gasteiger partial charge in [0.2, 0.25) is 5.91 Å². The van der Waals surface area contributed by atoms with Gasteiger partial charge in [-0.1, -0.05) is 87.5 Å². The molecule has 236 valence electrons. The van der Waals surface area contributed by atoms with Crippen LogP contribution in [0.4, 0.5) is 10.1 Å². The van der Waals surface area contributed by atoms with Crippen LogP contribution in [-0.2, 0) is 13.8 Å². The van der Waals surface area contributed by atoms with Crippen LogP contribution in [0, 0.1) is 11.7 Å². The molecule has 0 aromatic heterocycles. The molecule has 0 unspecified atom stereocenters. The lowest BCUT2D eigenvalue weighted by molar-refractivity contribution is -0.131. The fraction of sp³-hybridized carbons (Fsp3) is 0.306. The third-order valence-corrected chi connectivity index (χ3v) is 14.7. The minimum absolute atomic E-state index is 0.0171. The first kappa shape index (κ1) is 33.0. The Hall–Kier alpha value is -3.39. The molecule has 5 rings (SSSR count). The summed E-state index contributed by atoms with van der Waals surface area (Å²) in [6, 6.07) is 30.2. The number of nitrogens with zero attached hydrogens (tertiary/aromatic N) is 1. The lowest BCUT2D eigenvalue weighted by Crippen LogP contribution is -2.55. The first-order valence-electron chi connectivity index (χ1n) is 15.2. The van der Waals surface area contributed by atoms with Gasteiger partial charge in [-0.15, -0.1) is 0 Å². The van der Waals surface area contributed by atoms with E-state index < -0.39 is 15.9 Å². The smallest absolute Gasteiger partial charge is 0.356 e. The van der Waals surface area contributed by atoms with Crippen molar-refractivity contribution in [2.75, 3.05) is 4.90 Å². The van der Waals surface area contributed by atoms with Crippen molar-refractivity contribution < 1.29 is 28.0 Å². The lowest BCUT2D eigenvalue weighted by Gasteiger charge is -2.48. The van der Waals surface area contributed by atoms with Gasteiger partial charge < -0.3 is 19.1 Å². The molecular formula is C36H41FNO5PSi. The molecule has 9 heteroatoms. The third-order valence-electron chi connectivity index (χ3n) is 9.24. The predicted molar refractivity (Wildman–Crippen MR) is 180 cm³/mol. The Bertz CT molecular complexity index is 1680. The van der Waals surface area contributed by atoms with Crippen LogP contribution < -0.4 is 10.2 Å². The number of hydrogen-bond donors (Lipinski definition) is 2. The number of β-lactam (4-membered cyclic amide) rings is 1. The quantitative estimate of drug-likeness (QED) is 0.103. The lowest BCUT2D eigenvalue weighted by atomic mass is 9.78. The van der Waals surface area contributed by atoms with E-state index in [0.29, 0.717) is 18.4 Å². The highest BCUT2D eigenvalue weighted by Gasteiger charge is 2.49. The summed E-state index contributed by atoms with van der Waals surface area (Å²) < 4.78 is 32.5. The minimum atomic E-state index is -4.38. The number of halogens is 1. The zero-order valence-electron chi connectivity index (χ0n) is 26.4. The van der Waals surface area contributed by atoms with Gasteiger partial charge in [0, 0.05) is 5.69 Å². The summed E-state index contributed by atoms with van der Waals surface area (Å²) in [7, 11) is -6.56. The molecule has 1 saturated heterocycles. The van der Waals surface area contributed by atoms with Crippen molar-refractivity contribution in [3.8, 4) is 11.1 Å². The van der Waals surface area contributed by atoms with E-state index >= 15 is 0 Å². The molecule has 1 heterocycles. The van der Waals surface area contributed by atoms with Gasteiger partial charge in [-0.25, -0.2) is 4.39 Å². The van der Waals surface area contributed by atoms with Gasteiger partial charge in [-0.3, -0.25) is 9.36 Å². The van der Waals surface area contributed by atoms with Crippen molar-refractivity contribution in [3.63, 3.8) is 0 Å². The number of para-hydroxylation sites is 1. The van der Waals surface area contributed by atoms with Crippen molar-refractivity contribution in [2.45, 2.75) is 63.9 Å². The van der Waals surface area contributed by atoms with Crippen LogP contribution in [0.2, 0.25) is 18.1 Å². The van der Waals surface area contributed by atoms with Gasteiger partial charge in [-0.05, 0) is 89.6 Å². The fourth-order valence-electron chi connectivity index (χ4n) is 5.66. The van der Waals surface area contributed by atoms with Gasteiger partial charge in [0.15, 0.2) is 8.32 Å². The fourth-order valence-corrected chi connectivity index (χ4v) is 7.57. The van der Waals surface area contributed by atoms with Crippen molar-refractivity contribution in [1.82, 2.24) is 0 Å². The molecule has 1 aliphatic rings. The standard InChI is InChI=1S/C36H41FNO5PSi/c1-36(2,3)45(4,5)43-33(26-18-20-29(37)21-19-26)23-22-32-34(38(35(32)39)30-11-7-6-8-12-30)27-16-14-25(15-17-27)28-10-9-13-31(24-28)44(40,41)42/h6-21,24,32-34H,22-23H2,1-5H3,(H2,40,41,42)/t32-,33+,34-/m1/s1. The van der Waals surface area contributed by atoms with E-state index in [1.165, 1.54) is 24.3 Å². The van der Waals surface area contributed by atoms with E-state index in [9.17, 15) is 23.5 Å². The normalized spacial score (nSPS) is 18.0. The number of amides is 1. The Kier molecular flexibility index (Phi) is 9.37. The van der Waals surface area contributed by atoms with Gasteiger partial charge in [0.05, 0.1) is 23.4 Å². The molecule has 1 fully saturated rings. The molecule has 1 amide bonds. The summed E-state index contributed by atoms with van der Waals surface area (Å²) in [6.07, 6.45) is 0.936. The number of rotatable bonds is 10. The first-order valence-corrected chi connectivity index (χ1v) is 19.8. The van der Waals surface area contributed by atoms with Crippen molar-refractivity contribution in [3.05, 3.63) is 120 Å². The molecule has 0 spiro atoms. The summed E-state index contributed by atoms with van der Waals surface area (Å²) in [6.45, 7) is 11.0. The van der Waals surface area contributed by atoms with E-state index in [1.807, 2.05) is 65.6 Å². The Morgan fingerprint density at radius 1 is 0.889 bits per heavy atom. The molecule has 45 heavy (non-hydrogen) atoms. The van der Waals surface area contributed by atoms with E-state index in [1.54, 1.807) is 18.2 Å². The van der Waals surface area contributed by atoms with Crippen molar-refractivity contribution >= 4 is 32.8 Å². The second-order valence-electron chi connectivity index (χ2n) is 13.3. The Morgan fingerprint density at radius 2 is 1.53 bits per heavy atom. The van der Waals surface area contributed by atoms with E-state index in [-0.39, 0.29) is 40.1 Å². The largest absolute Gasteiger partial charge is 0.410 e. The maximum absolute atomic E-state index is 13.8. The average Bonchev–Trinajstić information content (AvgIpc) is 2.99. The second kappa shape index (κ2) is 12.8. The summed E-state index contributed by atoms with van der Waals surface area (Å²) in [4.78, 5) is 34.9. The molecule has 6 nitrogen and oxygen atoms in total. The second-order valence-corrected chi connectivity index (χ2v) is 19.7. The van der Waals surface area contributed by atoms with Crippen LogP contribution in [0.25, 0.3) is 11.1 Å². The van der Waals surface area contributed by atoms with Crippen molar-refractivity contribution in [2.24, 2.45) is 5.92 Å². The number of hydrogen-bond acceptors (Lipinski definition) is 3. The molecule has 1 aliphatic heterocycles. The monoisotopic (exact) mass is 645 g/mol. The number of carbonyl (C=O) groups is 1. The molecule has 0 radical (unpaired) electrons. The Balaban J connectivity index is 1.44. The number of anilines is 1. The summed E-state index contributed by atoms with van der Waals surface area (Å²) >= 11 is 0. The highest BCUT2D eigenvalue weighted by atomic mass is 31.2. The molecule has 2 N–H and O–H groups in total. The topological polar surface area (TPSA) is 87.1 Å². The summed E-state index contributed by atoms with van der Waals surface area (Å²) in [5.74, 6) is -0.524. The van der Waals surface area contributed by atoms with Gasteiger partial charge in [0.1, 0.15) is 5.82 Å². The van der Waals surface area contributed by atoms with Crippen molar-refractivity contribution in [1.29, 1.82) is 0 Å². The summed E-state index contributed by atoms with van der Waals surface area (Å²) in [5.41, 5.74) is 4.23. The van der Waals surface area contributed by atoms with Gasteiger partial charge in [0.25, 0.3) is 0 Å². The average molecular weight is 646 g/mol. The Morgan fingerprint density at radius 3 is 2.13 bits per heavy atom. The van der Waals surface area contributed by atoms with Crippen LogP contribution in [0.3, 0.4) is 0 Å². The van der Waals surface area contributed by atoms with E-state index in [2.05, 4.69) is 33.9 Å². The molecule has 0 bridgehead atoms. The Labute approximate surface area is 266 Å². The molecule has 0 saturated carbocycles. The van der Waals surface area contributed by atoms with E-state index in [4.69, 9.17) is 4.43 Å². The minimum Gasteiger partial charge on any atom is -0.410 e. The molecule has 4 aromatic rings. The first-order chi connectivity index (χ1) is 21.2. The molecule has 3 atom stereocenters. The highest BCUT2D eigenvalue weighted by molar-refractivity contribution is 7.60. The maximum Gasteiger partial charge on any atom is 0.356 e. The van der Waals surface area contributed by atoms with Gasteiger partial charge >= 0.3 is 7.60 Å².